The van der Waals surface area contributed by atoms with Crippen molar-refractivity contribution in [3.05, 3.63) is 12.2 Å². The Bertz CT molecular complexity index is 159. The maximum Gasteiger partial charge on any atom is 0.103 e. The van der Waals surface area contributed by atoms with Gasteiger partial charge in [-0.1, -0.05) is 13.0 Å². The van der Waals surface area contributed by atoms with Gasteiger partial charge in [-0.2, -0.15) is 0 Å². The molecule has 0 aliphatic rings. The third-order valence-electron chi connectivity index (χ3n) is 1.68. The summed E-state index contributed by atoms with van der Waals surface area (Å²) in [5.41, 5.74) is 0.0629. The molecule has 11 heavy (non-hydrogen) atoms. The molecule has 2 nitrogen and oxygen atoms in total. The fourth-order valence-electron chi connectivity index (χ4n) is 0.546. The summed E-state index contributed by atoms with van der Waals surface area (Å²) >= 11 is 0. The molecule has 0 bridgehead atoms. The van der Waals surface area contributed by atoms with Gasteiger partial charge in [0.25, 0.3) is 0 Å². The molecule has 0 radical (unpaired) electrons. The normalized spacial score (nSPS) is 12.4. The summed E-state index contributed by atoms with van der Waals surface area (Å²) < 4.78 is 5.12. The minimum atomic E-state index is -0.453. The largest absolute Gasteiger partial charge is 0.373 e. The van der Waals surface area contributed by atoms with Crippen LogP contribution < -0.4 is 0 Å². The van der Waals surface area contributed by atoms with Crippen LogP contribution in [-0.4, -0.2) is 18.4 Å². The quantitative estimate of drug-likeness (QED) is 0.621. The lowest BCUT2D eigenvalue weighted by atomic mass is 10.0. The summed E-state index contributed by atoms with van der Waals surface area (Å²) in [6.07, 6.45) is 4.72. The molecular weight excluding hydrogens is 138 g/mol. The first kappa shape index (κ1) is 10.4. The van der Waals surface area contributed by atoms with E-state index in [0.29, 0.717) is 5.71 Å². The van der Waals surface area contributed by atoms with Gasteiger partial charge >= 0.3 is 0 Å². The van der Waals surface area contributed by atoms with Crippen LogP contribution >= 0.6 is 0 Å². The van der Waals surface area contributed by atoms with Crippen LogP contribution in [0.3, 0.4) is 0 Å². The molecule has 2 heteroatoms. The summed E-state index contributed by atoms with van der Waals surface area (Å²) in [6, 6.07) is 0. The molecule has 0 saturated carbocycles. The highest BCUT2D eigenvalue weighted by atomic mass is 16.5. The Kier molecular flexibility index (Phi) is 4.04. The van der Waals surface area contributed by atoms with Crippen LogP contribution in [0, 0.1) is 5.41 Å². The molecule has 0 aliphatic heterocycles. The molecule has 0 heterocycles. The Balaban J connectivity index is 4.13. The van der Waals surface area contributed by atoms with Crippen molar-refractivity contribution in [1.82, 2.24) is 0 Å². The third kappa shape index (κ3) is 3.33. The van der Waals surface area contributed by atoms with Crippen molar-refractivity contribution >= 4 is 5.71 Å². The molecule has 0 fully saturated rings. The first-order chi connectivity index (χ1) is 5.04. The van der Waals surface area contributed by atoms with Crippen molar-refractivity contribution in [2.24, 2.45) is 0 Å². The lowest BCUT2D eigenvalue weighted by molar-refractivity contribution is 0.0830. The molecule has 0 unspecified atom stereocenters. The molecule has 0 atom stereocenters. The molecule has 1 N–H and O–H groups in total. The maximum atomic E-state index is 7.58. The fraction of sp³-hybridized carbons (Fsp3) is 0.667. The highest BCUT2D eigenvalue weighted by Gasteiger charge is 2.19. The molecular formula is C9H17NO. The van der Waals surface area contributed by atoms with Crippen LogP contribution in [0.2, 0.25) is 0 Å². The molecule has 0 amide bonds. The Morgan fingerprint density at radius 2 is 2.09 bits per heavy atom. The zero-order valence-corrected chi connectivity index (χ0v) is 7.77. The van der Waals surface area contributed by atoms with Gasteiger partial charge in [0.15, 0.2) is 0 Å². The zero-order valence-electron chi connectivity index (χ0n) is 7.77. The Morgan fingerprint density at radius 3 is 2.45 bits per heavy atom. The first-order valence-corrected chi connectivity index (χ1v) is 3.85. The van der Waals surface area contributed by atoms with Crippen LogP contribution in [0.1, 0.15) is 27.2 Å². The van der Waals surface area contributed by atoms with E-state index in [0.717, 1.165) is 6.42 Å². The molecule has 0 saturated heterocycles. The van der Waals surface area contributed by atoms with Crippen molar-refractivity contribution in [2.45, 2.75) is 32.8 Å². The van der Waals surface area contributed by atoms with Gasteiger partial charge in [-0.3, -0.25) is 0 Å². The summed E-state index contributed by atoms with van der Waals surface area (Å²) in [7, 11) is 1.62. The van der Waals surface area contributed by atoms with E-state index >= 15 is 0 Å². The van der Waals surface area contributed by atoms with Crippen molar-refractivity contribution < 1.29 is 4.74 Å². The second kappa shape index (κ2) is 4.29. The second-order valence-electron chi connectivity index (χ2n) is 2.94. The van der Waals surface area contributed by atoms with E-state index in [1.165, 1.54) is 0 Å². The van der Waals surface area contributed by atoms with E-state index in [-0.39, 0.29) is 0 Å². The van der Waals surface area contributed by atoms with E-state index < -0.39 is 5.60 Å². The van der Waals surface area contributed by atoms with Gasteiger partial charge < -0.3 is 10.1 Å². The smallest absolute Gasteiger partial charge is 0.103 e. The van der Waals surface area contributed by atoms with Crippen LogP contribution in [0.15, 0.2) is 12.2 Å². The average Bonchev–Trinajstić information content (AvgIpc) is 2.00. The monoisotopic (exact) mass is 155 g/mol. The number of nitrogens with one attached hydrogen (secondary N) is 1. The Morgan fingerprint density at radius 1 is 1.55 bits per heavy atom. The number of hydrogen-bond donors (Lipinski definition) is 1. The average molecular weight is 155 g/mol. The van der Waals surface area contributed by atoms with Gasteiger partial charge in [0.05, 0.1) is 5.71 Å². The van der Waals surface area contributed by atoms with E-state index in [2.05, 4.69) is 0 Å². The lowest BCUT2D eigenvalue weighted by Gasteiger charge is -2.21. The molecule has 64 valence electrons. The number of rotatable bonds is 4. The van der Waals surface area contributed by atoms with Crippen molar-refractivity contribution in [3.8, 4) is 0 Å². The van der Waals surface area contributed by atoms with Gasteiger partial charge in [0.1, 0.15) is 5.60 Å². The lowest BCUT2D eigenvalue weighted by Crippen LogP contribution is -2.31. The van der Waals surface area contributed by atoms with E-state index in [1.807, 2.05) is 26.8 Å². The van der Waals surface area contributed by atoms with Gasteiger partial charge in [-0.05, 0) is 26.3 Å². The predicted molar refractivity (Wildman–Crippen MR) is 48.2 cm³/mol. The molecule has 0 aliphatic carbocycles. The SMILES string of the molecule is CC/C=C\C(=N)C(C)(C)OC. The molecule has 0 aromatic carbocycles. The van der Waals surface area contributed by atoms with E-state index in [9.17, 15) is 0 Å². The number of ether oxygens (including phenoxy) is 1. The number of allylic oxidation sites excluding steroid dienone is 1. The van der Waals surface area contributed by atoms with Gasteiger partial charge in [-0.25, -0.2) is 0 Å². The van der Waals surface area contributed by atoms with Gasteiger partial charge in [0, 0.05) is 7.11 Å². The van der Waals surface area contributed by atoms with Gasteiger partial charge in [-0.15, -0.1) is 0 Å². The summed E-state index contributed by atoms with van der Waals surface area (Å²) in [5.74, 6) is 0. The van der Waals surface area contributed by atoms with Crippen LogP contribution in [0.25, 0.3) is 0 Å². The maximum absolute atomic E-state index is 7.58. The molecule has 0 spiro atoms. The topological polar surface area (TPSA) is 33.1 Å². The summed E-state index contributed by atoms with van der Waals surface area (Å²) in [6.45, 7) is 5.81. The number of hydrogen-bond acceptors (Lipinski definition) is 2. The van der Waals surface area contributed by atoms with E-state index in [4.69, 9.17) is 10.1 Å². The summed E-state index contributed by atoms with van der Waals surface area (Å²) in [5, 5.41) is 7.58. The van der Waals surface area contributed by atoms with Crippen LogP contribution in [0.4, 0.5) is 0 Å². The Hall–Kier alpha value is -0.630. The standard InChI is InChI=1S/C9H17NO/c1-5-6-7-8(10)9(2,3)11-4/h6-7,10H,5H2,1-4H3/b7-6-,10-8?. The minimum Gasteiger partial charge on any atom is -0.373 e. The summed E-state index contributed by atoms with van der Waals surface area (Å²) in [4.78, 5) is 0. The molecule has 0 aromatic rings. The van der Waals surface area contributed by atoms with Gasteiger partial charge in [0.2, 0.25) is 0 Å². The molecule has 0 aromatic heterocycles. The van der Waals surface area contributed by atoms with Crippen molar-refractivity contribution in [1.29, 1.82) is 5.41 Å². The van der Waals surface area contributed by atoms with Crippen LogP contribution in [0.5, 0.6) is 0 Å². The first-order valence-electron chi connectivity index (χ1n) is 3.85. The Labute approximate surface area is 68.8 Å². The second-order valence-corrected chi connectivity index (χ2v) is 2.94. The van der Waals surface area contributed by atoms with Crippen molar-refractivity contribution in [2.75, 3.05) is 7.11 Å². The fourth-order valence-corrected chi connectivity index (χ4v) is 0.546. The predicted octanol–water partition coefficient (Wildman–Crippen LogP) is 2.40. The highest BCUT2D eigenvalue weighted by molar-refractivity contribution is 5.98. The van der Waals surface area contributed by atoms with Crippen LogP contribution in [-0.2, 0) is 4.74 Å². The third-order valence-corrected chi connectivity index (χ3v) is 1.68. The zero-order chi connectivity index (χ0) is 8.91. The van der Waals surface area contributed by atoms with Crippen molar-refractivity contribution in [3.63, 3.8) is 0 Å². The van der Waals surface area contributed by atoms with E-state index in [1.54, 1.807) is 13.2 Å². The highest BCUT2D eigenvalue weighted by Crippen LogP contribution is 2.09. The molecule has 0 rings (SSSR count). The number of methoxy groups -OCH3 is 1. The minimum absolute atomic E-state index is 0.453.